The molecular weight excluding hydrogens is 398 g/mol. The SMILES string of the molecule is CCc1ccc(OCC(=O)N(Cc2ccccc2Cl)[C@@H]2CCS(=O)(=O)C2)cc1. The first-order valence-corrected chi connectivity index (χ1v) is 11.5. The highest BCUT2D eigenvalue weighted by Crippen LogP contribution is 2.24. The molecule has 1 heterocycles. The molecule has 2 aromatic carbocycles. The summed E-state index contributed by atoms with van der Waals surface area (Å²) in [5.74, 6) is 0.446. The molecule has 1 aliphatic rings. The highest BCUT2D eigenvalue weighted by molar-refractivity contribution is 7.91. The molecular formula is C21H24ClNO4S. The average molecular weight is 422 g/mol. The third-order valence-corrected chi connectivity index (χ3v) is 7.08. The molecule has 1 aliphatic heterocycles. The van der Waals surface area contributed by atoms with Gasteiger partial charge in [0.2, 0.25) is 0 Å². The fourth-order valence-electron chi connectivity index (χ4n) is 3.30. The van der Waals surface area contributed by atoms with Crippen molar-refractivity contribution in [2.24, 2.45) is 0 Å². The van der Waals surface area contributed by atoms with Crippen molar-refractivity contribution in [1.29, 1.82) is 0 Å². The van der Waals surface area contributed by atoms with E-state index in [9.17, 15) is 13.2 Å². The molecule has 1 fully saturated rings. The Bertz CT molecular complexity index is 928. The highest BCUT2D eigenvalue weighted by atomic mass is 35.5. The van der Waals surface area contributed by atoms with Crippen LogP contribution in [0.1, 0.15) is 24.5 Å². The molecule has 150 valence electrons. The number of aryl methyl sites for hydroxylation is 1. The lowest BCUT2D eigenvalue weighted by atomic mass is 10.1. The minimum absolute atomic E-state index is 0.0195. The molecule has 0 radical (unpaired) electrons. The number of halogens is 1. The molecule has 1 amide bonds. The quantitative estimate of drug-likeness (QED) is 0.686. The van der Waals surface area contributed by atoms with Crippen molar-refractivity contribution in [3.63, 3.8) is 0 Å². The molecule has 5 nitrogen and oxygen atoms in total. The number of amides is 1. The topological polar surface area (TPSA) is 63.7 Å². The fourth-order valence-corrected chi connectivity index (χ4v) is 5.23. The summed E-state index contributed by atoms with van der Waals surface area (Å²) in [6, 6.07) is 14.5. The largest absolute Gasteiger partial charge is 0.484 e. The van der Waals surface area contributed by atoms with Crippen molar-refractivity contribution in [1.82, 2.24) is 4.90 Å². The summed E-state index contributed by atoms with van der Waals surface area (Å²) < 4.78 is 29.5. The zero-order valence-electron chi connectivity index (χ0n) is 15.8. The van der Waals surface area contributed by atoms with Gasteiger partial charge in [-0.3, -0.25) is 4.79 Å². The van der Waals surface area contributed by atoms with Crippen LogP contribution in [0.2, 0.25) is 5.02 Å². The standard InChI is InChI=1S/C21H24ClNO4S/c1-2-16-7-9-19(10-8-16)27-14-21(24)23(18-11-12-28(25,26)15-18)13-17-5-3-4-6-20(17)22/h3-10,18H,2,11-15H2,1H3/t18-/m1/s1. The predicted octanol–water partition coefficient (Wildman–Crippen LogP) is 3.50. The Morgan fingerprint density at radius 1 is 1.18 bits per heavy atom. The normalized spacial score (nSPS) is 18.0. The molecule has 7 heteroatoms. The van der Waals surface area contributed by atoms with Gasteiger partial charge in [-0.15, -0.1) is 0 Å². The Morgan fingerprint density at radius 2 is 1.89 bits per heavy atom. The maximum Gasteiger partial charge on any atom is 0.261 e. The van der Waals surface area contributed by atoms with Gasteiger partial charge in [0.1, 0.15) is 5.75 Å². The van der Waals surface area contributed by atoms with E-state index in [0.29, 0.717) is 17.2 Å². The van der Waals surface area contributed by atoms with E-state index >= 15 is 0 Å². The van der Waals surface area contributed by atoms with E-state index in [1.807, 2.05) is 42.5 Å². The van der Waals surface area contributed by atoms with Crippen LogP contribution >= 0.6 is 11.6 Å². The van der Waals surface area contributed by atoms with Gasteiger partial charge in [0.05, 0.1) is 11.5 Å². The van der Waals surface area contributed by atoms with Crippen molar-refractivity contribution in [3.8, 4) is 5.75 Å². The van der Waals surface area contributed by atoms with Crippen LogP contribution in [0.3, 0.4) is 0 Å². The van der Waals surface area contributed by atoms with E-state index in [2.05, 4.69) is 6.92 Å². The van der Waals surface area contributed by atoms with Crippen LogP contribution in [0, 0.1) is 0 Å². The van der Waals surface area contributed by atoms with E-state index in [1.54, 1.807) is 11.0 Å². The number of hydrogen-bond acceptors (Lipinski definition) is 4. The van der Waals surface area contributed by atoms with Crippen molar-refractivity contribution >= 4 is 27.3 Å². The Morgan fingerprint density at radius 3 is 2.50 bits per heavy atom. The molecule has 0 saturated carbocycles. The molecule has 3 rings (SSSR count). The second-order valence-electron chi connectivity index (χ2n) is 6.96. The van der Waals surface area contributed by atoms with Gasteiger partial charge in [-0.2, -0.15) is 0 Å². The van der Waals surface area contributed by atoms with Crippen LogP contribution in [0.25, 0.3) is 0 Å². The first-order valence-electron chi connectivity index (χ1n) is 9.33. The van der Waals surface area contributed by atoms with Crippen molar-refractivity contribution < 1.29 is 17.9 Å². The van der Waals surface area contributed by atoms with Crippen LogP contribution in [0.4, 0.5) is 0 Å². The number of benzene rings is 2. The average Bonchev–Trinajstić information content (AvgIpc) is 3.05. The van der Waals surface area contributed by atoms with Crippen molar-refractivity contribution in [2.45, 2.75) is 32.4 Å². The van der Waals surface area contributed by atoms with Crippen molar-refractivity contribution in [2.75, 3.05) is 18.1 Å². The summed E-state index contributed by atoms with van der Waals surface area (Å²) in [6.07, 6.45) is 1.37. The van der Waals surface area contributed by atoms with Crippen LogP contribution in [-0.2, 0) is 27.6 Å². The number of nitrogens with zero attached hydrogens (tertiary/aromatic N) is 1. The number of sulfone groups is 1. The molecule has 1 saturated heterocycles. The molecule has 0 aromatic heterocycles. The monoisotopic (exact) mass is 421 g/mol. The molecule has 0 unspecified atom stereocenters. The lowest BCUT2D eigenvalue weighted by Crippen LogP contribution is -2.43. The van der Waals surface area contributed by atoms with Crippen LogP contribution in [0.5, 0.6) is 5.75 Å². The van der Waals surface area contributed by atoms with E-state index in [1.165, 1.54) is 5.56 Å². The first kappa shape index (κ1) is 20.7. The number of carbonyl (C=O) groups excluding carboxylic acids is 1. The highest BCUT2D eigenvalue weighted by Gasteiger charge is 2.35. The molecule has 0 N–H and O–H groups in total. The third kappa shape index (κ3) is 5.26. The molecule has 1 atom stereocenters. The zero-order valence-corrected chi connectivity index (χ0v) is 17.4. The number of rotatable bonds is 7. The second-order valence-corrected chi connectivity index (χ2v) is 9.59. The van der Waals surface area contributed by atoms with Gasteiger partial charge in [-0.25, -0.2) is 8.42 Å². The smallest absolute Gasteiger partial charge is 0.261 e. The summed E-state index contributed by atoms with van der Waals surface area (Å²) in [7, 11) is -3.12. The van der Waals surface area contributed by atoms with Crippen LogP contribution in [-0.4, -0.2) is 43.4 Å². The molecule has 0 aliphatic carbocycles. The minimum atomic E-state index is -3.12. The summed E-state index contributed by atoms with van der Waals surface area (Å²) >= 11 is 6.25. The zero-order chi connectivity index (χ0) is 20.1. The Hall–Kier alpha value is -2.05. The second kappa shape index (κ2) is 8.97. The first-order chi connectivity index (χ1) is 13.4. The molecule has 2 aromatic rings. The van der Waals surface area contributed by atoms with E-state index in [4.69, 9.17) is 16.3 Å². The van der Waals surface area contributed by atoms with Gasteiger partial charge in [0, 0.05) is 17.6 Å². The summed E-state index contributed by atoms with van der Waals surface area (Å²) in [4.78, 5) is 14.5. The maximum atomic E-state index is 12.9. The van der Waals surface area contributed by atoms with E-state index < -0.39 is 9.84 Å². The fraction of sp³-hybridized carbons (Fsp3) is 0.381. The van der Waals surface area contributed by atoms with Crippen LogP contribution < -0.4 is 4.74 Å². The van der Waals surface area contributed by atoms with Crippen molar-refractivity contribution in [3.05, 3.63) is 64.7 Å². The van der Waals surface area contributed by atoms with E-state index in [0.717, 1.165) is 12.0 Å². The van der Waals surface area contributed by atoms with Gasteiger partial charge in [-0.05, 0) is 42.2 Å². The number of ether oxygens (including phenoxy) is 1. The minimum Gasteiger partial charge on any atom is -0.484 e. The van der Waals surface area contributed by atoms with Crippen LogP contribution in [0.15, 0.2) is 48.5 Å². The van der Waals surface area contributed by atoms with Gasteiger partial charge in [0.15, 0.2) is 16.4 Å². The van der Waals surface area contributed by atoms with E-state index in [-0.39, 0.29) is 36.6 Å². The van der Waals surface area contributed by atoms with Gasteiger partial charge in [0.25, 0.3) is 5.91 Å². The molecule has 0 spiro atoms. The number of hydrogen-bond donors (Lipinski definition) is 0. The number of carbonyl (C=O) groups is 1. The summed E-state index contributed by atoms with van der Waals surface area (Å²) in [5.41, 5.74) is 1.98. The third-order valence-electron chi connectivity index (χ3n) is 4.96. The van der Waals surface area contributed by atoms with Gasteiger partial charge >= 0.3 is 0 Å². The lowest BCUT2D eigenvalue weighted by molar-refractivity contribution is -0.136. The Labute approximate surface area is 171 Å². The molecule has 28 heavy (non-hydrogen) atoms. The molecule has 0 bridgehead atoms. The predicted molar refractivity (Wildman–Crippen MR) is 110 cm³/mol. The lowest BCUT2D eigenvalue weighted by Gasteiger charge is -2.28. The van der Waals surface area contributed by atoms with Gasteiger partial charge < -0.3 is 9.64 Å². The van der Waals surface area contributed by atoms with Gasteiger partial charge in [-0.1, -0.05) is 48.9 Å². The summed E-state index contributed by atoms with van der Waals surface area (Å²) in [5, 5.41) is 0.553. The summed E-state index contributed by atoms with van der Waals surface area (Å²) in [6.45, 7) is 2.19. The Balaban J connectivity index is 1.73. The maximum absolute atomic E-state index is 12.9. The Kier molecular flexibility index (Phi) is 6.62.